The summed E-state index contributed by atoms with van der Waals surface area (Å²) in [6.45, 7) is 9.60. The summed E-state index contributed by atoms with van der Waals surface area (Å²) in [4.78, 5) is 66.3. The predicted octanol–water partition coefficient (Wildman–Crippen LogP) is 2.22. The number of carbonyl (C=O) groups excluding carboxylic acids is 5. The molecule has 12 heteroatoms. The first-order valence-corrected chi connectivity index (χ1v) is 15.0. The zero-order valence-corrected chi connectivity index (χ0v) is 26.4. The van der Waals surface area contributed by atoms with Gasteiger partial charge in [-0.1, -0.05) is 32.0 Å². The van der Waals surface area contributed by atoms with E-state index in [1.165, 1.54) is 32.9 Å². The van der Waals surface area contributed by atoms with E-state index < -0.39 is 88.1 Å². The van der Waals surface area contributed by atoms with E-state index in [0.29, 0.717) is 5.57 Å². The van der Waals surface area contributed by atoms with E-state index in [1.807, 2.05) is 0 Å². The Labute approximate surface area is 261 Å². The number of rotatable bonds is 5. The SMILES string of the molecule is CC(=O)O[C@H]1C(=O)[C@@]2(C)C(C(OC(=O)c3ccccc3)[C@]3(O)C[C@H](OC(C)=O)C(C)=C1C3(C)C)[C@]1(OC(C)=O)CO[C@@H]1C[C@@H]2O. The van der Waals surface area contributed by atoms with E-state index >= 15 is 0 Å². The molecule has 12 nitrogen and oxygen atoms in total. The van der Waals surface area contributed by atoms with Crippen molar-refractivity contribution in [3.8, 4) is 0 Å². The molecule has 244 valence electrons. The maximum absolute atomic E-state index is 15.0. The molecule has 5 rings (SSSR count). The second kappa shape index (κ2) is 11.0. The van der Waals surface area contributed by atoms with Gasteiger partial charge < -0.3 is 33.9 Å². The third-order valence-corrected chi connectivity index (χ3v) is 10.5. The van der Waals surface area contributed by atoms with Gasteiger partial charge in [-0.15, -0.1) is 0 Å². The molecule has 0 radical (unpaired) electrons. The standard InChI is InChI=1S/C33H40O12/c1-16-21(42-17(2)34)14-33(40)28(44-29(39)20-11-9-8-10-12-20)26-31(7,22(37)13-23-32(26,15-41-23)45-19(4)36)27(38)25(43-18(3)35)24(16)30(33,5)6/h8-12,21-23,25-26,28,37,40H,13-15H2,1-7H3/t21-,22-,23+,25+,26?,28?,31+,32-,33+/m0/s1. The average Bonchev–Trinajstić information content (AvgIpc) is 2.94. The molecule has 45 heavy (non-hydrogen) atoms. The first kappa shape index (κ1) is 32.8. The van der Waals surface area contributed by atoms with Crippen molar-refractivity contribution in [3.05, 3.63) is 47.0 Å². The minimum Gasteiger partial charge on any atom is -0.458 e. The van der Waals surface area contributed by atoms with E-state index in [2.05, 4.69) is 0 Å². The van der Waals surface area contributed by atoms with Crippen LogP contribution >= 0.6 is 0 Å². The monoisotopic (exact) mass is 628 g/mol. The van der Waals surface area contributed by atoms with Gasteiger partial charge in [0, 0.05) is 39.0 Å². The minimum absolute atomic E-state index is 0.131. The lowest BCUT2D eigenvalue weighted by Gasteiger charge is -2.67. The molecule has 1 heterocycles. The Balaban J connectivity index is 1.86. The number of hydrogen-bond donors (Lipinski definition) is 2. The molecule has 2 unspecified atom stereocenters. The van der Waals surface area contributed by atoms with Crippen LogP contribution in [0.4, 0.5) is 0 Å². The third kappa shape index (κ3) is 4.80. The third-order valence-electron chi connectivity index (χ3n) is 10.5. The van der Waals surface area contributed by atoms with Crippen molar-refractivity contribution in [1.29, 1.82) is 0 Å². The summed E-state index contributed by atoms with van der Waals surface area (Å²) in [7, 11) is 0. The highest BCUT2D eigenvalue weighted by molar-refractivity contribution is 5.95. The van der Waals surface area contributed by atoms with E-state index in [9.17, 15) is 34.2 Å². The molecule has 9 atom stereocenters. The summed E-state index contributed by atoms with van der Waals surface area (Å²) in [5.41, 5.74) is -6.50. The molecular formula is C33H40O12. The zero-order chi connectivity index (χ0) is 33.3. The predicted molar refractivity (Wildman–Crippen MR) is 154 cm³/mol. The molecule has 2 saturated carbocycles. The minimum atomic E-state index is -2.15. The molecular weight excluding hydrogens is 588 g/mol. The Morgan fingerprint density at radius 2 is 1.56 bits per heavy atom. The maximum Gasteiger partial charge on any atom is 0.338 e. The summed E-state index contributed by atoms with van der Waals surface area (Å²) in [5.74, 6) is -5.20. The number of benzene rings is 1. The summed E-state index contributed by atoms with van der Waals surface area (Å²) in [6.07, 6.45) is -7.20. The van der Waals surface area contributed by atoms with Crippen LogP contribution in [-0.4, -0.2) is 88.2 Å². The van der Waals surface area contributed by atoms with Crippen LogP contribution in [0.1, 0.15) is 71.7 Å². The number of ketones is 1. The fraction of sp³-hybridized carbons (Fsp3) is 0.606. The van der Waals surface area contributed by atoms with Crippen molar-refractivity contribution in [2.24, 2.45) is 16.7 Å². The largest absolute Gasteiger partial charge is 0.458 e. The Morgan fingerprint density at radius 1 is 0.933 bits per heavy atom. The van der Waals surface area contributed by atoms with Gasteiger partial charge in [0.2, 0.25) is 0 Å². The molecule has 3 fully saturated rings. The van der Waals surface area contributed by atoms with Crippen molar-refractivity contribution in [3.63, 3.8) is 0 Å². The van der Waals surface area contributed by atoms with Crippen LogP contribution in [-0.2, 0) is 42.9 Å². The lowest BCUT2D eigenvalue weighted by Crippen LogP contribution is -2.82. The van der Waals surface area contributed by atoms with Crippen LogP contribution in [0.5, 0.6) is 0 Å². The summed E-state index contributed by atoms with van der Waals surface area (Å²) >= 11 is 0. The van der Waals surface area contributed by atoms with E-state index in [1.54, 1.807) is 39.0 Å². The summed E-state index contributed by atoms with van der Waals surface area (Å²) in [5, 5.41) is 24.9. The molecule has 1 aromatic carbocycles. The zero-order valence-electron chi connectivity index (χ0n) is 26.4. The molecule has 1 aliphatic heterocycles. The number of Topliss-reactive ketones (excluding diaryl/α,β-unsaturated/α-hetero) is 1. The molecule has 2 bridgehead atoms. The second-order valence-electron chi connectivity index (χ2n) is 13.4. The number of carbonyl (C=O) groups is 5. The van der Waals surface area contributed by atoms with Gasteiger partial charge in [-0.25, -0.2) is 4.79 Å². The molecule has 2 N–H and O–H groups in total. The fourth-order valence-electron chi connectivity index (χ4n) is 8.22. The van der Waals surface area contributed by atoms with Crippen LogP contribution in [0, 0.1) is 16.7 Å². The average molecular weight is 629 g/mol. The molecule has 0 aromatic heterocycles. The lowest BCUT2D eigenvalue weighted by atomic mass is 9.44. The number of aliphatic hydroxyl groups excluding tert-OH is 1. The summed E-state index contributed by atoms with van der Waals surface area (Å²) in [6, 6.07) is 8.01. The first-order chi connectivity index (χ1) is 20.9. The van der Waals surface area contributed by atoms with Gasteiger partial charge >= 0.3 is 23.9 Å². The number of esters is 4. The topological polar surface area (TPSA) is 172 Å². The van der Waals surface area contributed by atoms with Gasteiger partial charge in [0.25, 0.3) is 0 Å². The summed E-state index contributed by atoms with van der Waals surface area (Å²) < 4.78 is 29.4. The van der Waals surface area contributed by atoms with Crippen molar-refractivity contribution < 1.29 is 57.9 Å². The van der Waals surface area contributed by atoms with Crippen LogP contribution in [0.2, 0.25) is 0 Å². The van der Waals surface area contributed by atoms with Crippen molar-refractivity contribution in [2.45, 2.75) is 103 Å². The van der Waals surface area contributed by atoms with Crippen LogP contribution in [0.15, 0.2) is 41.5 Å². The Kier molecular flexibility index (Phi) is 8.03. The molecule has 1 aromatic rings. The highest BCUT2D eigenvalue weighted by atomic mass is 16.6. The van der Waals surface area contributed by atoms with Crippen LogP contribution in [0.3, 0.4) is 0 Å². The van der Waals surface area contributed by atoms with Crippen molar-refractivity contribution in [2.75, 3.05) is 6.61 Å². The fourth-order valence-corrected chi connectivity index (χ4v) is 8.22. The normalized spacial score (nSPS) is 38.3. The lowest BCUT2D eigenvalue weighted by molar-refractivity contribution is -0.346. The number of ether oxygens (including phenoxy) is 5. The number of fused-ring (bicyclic) bond motifs is 5. The highest BCUT2D eigenvalue weighted by Crippen LogP contribution is 2.64. The smallest absolute Gasteiger partial charge is 0.338 e. The Morgan fingerprint density at radius 3 is 2.09 bits per heavy atom. The molecule has 0 amide bonds. The van der Waals surface area contributed by atoms with Crippen molar-refractivity contribution >= 4 is 29.7 Å². The van der Waals surface area contributed by atoms with E-state index in [-0.39, 0.29) is 30.6 Å². The quantitative estimate of drug-likeness (QED) is 0.277. The number of aliphatic hydroxyl groups is 2. The Bertz CT molecular complexity index is 1460. The van der Waals surface area contributed by atoms with Gasteiger partial charge in [0.05, 0.1) is 29.6 Å². The van der Waals surface area contributed by atoms with Gasteiger partial charge in [-0.05, 0) is 37.1 Å². The van der Waals surface area contributed by atoms with Crippen molar-refractivity contribution in [1.82, 2.24) is 0 Å². The van der Waals surface area contributed by atoms with Gasteiger partial charge in [0.15, 0.2) is 17.5 Å². The Hall–Kier alpha value is -3.61. The van der Waals surface area contributed by atoms with Gasteiger partial charge in [-0.3, -0.25) is 19.2 Å². The molecule has 1 saturated heterocycles. The molecule has 0 spiro atoms. The van der Waals surface area contributed by atoms with E-state index in [4.69, 9.17) is 23.7 Å². The van der Waals surface area contributed by atoms with Crippen LogP contribution in [0.25, 0.3) is 0 Å². The first-order valence-electron chi connectivity index (χ1n) is 15.0. The van der Waals surface area contributed by atoms with E-state index in [0.717, 1.165) is 6.92 Å². The van der Waals surface area contributed by atoms with Crippen LogP contribution < -0.4 is 0 Å². The van der Waals surface area contributed by atoms with Gasteiger partial charge in [0.1, 0.15) is 23.9 Å². The van der Waals surface area contributed by atoms with Gasteiger partial charge in [-0.2, -0.15) is 0 Å². The number of hydrogen-bond acceptors (Lipinski definition) is 12. The maximum atomic E-state index is 15.0. The molecule has 4 aliphatic rings. The highest BCUT2D eigenvalue weighted by Gasteiger charge is 2.78. The second-order valence-corrected chi connectivity index (χ2v) is 13.4. The molecule has 3 aliphatic carbocycles.